The number of benzene rings is 1. The minimum absolute atomic E-state index is 0.272. The van der Waals surface area contributed by atoms with Crippen LogP contribution in [0.1, 0.15) is 38.1 Å². The van der Waals surface area contributed by atoms with E-state index < -0.39 is 11.7 Å². The first-order valence-corrected chi connectivity index (χ1v) is 7.90. The van der Waals surface area contributed by atoms with E-state index in [9.17, 15) is 4.79 Å². The van der Waals surface area contributed by atoms with Gasteiger partial charge in [0.1, 0.15) is 11.4 Å². The molecule has 0 saturated carbocycles. The summed E-state index contributed by atoms with van der Waals surface area (Å²) in [6.45, 7) is 5.51. The van der Waals surface area contributed by atoms with Gasteiger partial charge in [-0.25, -0.2) is 4.79 Å². The third kappa shape index (κ3) is 5.22. The number of rotatable bonds is 4. The highest BCUT2D eigenvalue weighted by Gasteiger charge is 2.22. The first-order valence-electron chi connectivity index (χ1n) is 7.11. The molecule has 2 rings (SSSR count). The number of hydrogen-bond donors (Lipinski definition) is 1. The van der Waals surface area contributed by atoms with Crippen LogP contribution in [0.15, 0.2) is 51.6 Å². The number of hydrogen-bond acceptors (Lipinski definition) is 3. The molecule has 4 nitrogen and oxygen atoms in total. The summed E-state index contributed by atoms with van der Waals surface area (Å²) in [5, 5.41) is 2.87. The lowest BCUT2D eigenvalue weighted by molar-refractivity contribution is 0.0497. The Hall–Kier alpha value is -1.75. The number of carbonyl (C=O) groups excluding carboxylic acids is 1. The van der Waals surface area contributed by atoms with Gasteiger partial charge in [-0.1, -0.05) is 28.1 Å². The van der Waals surface area contributed by atoms with E-state index in [-0.39, 0.29) is 6.04 Å². The van der Waals surface area contributed by atoms with Crippen LogP contribution in [0.25, 0.3) is 0 Å². The zero-order valence-corrected chi connectivity index (χ0v) is 14.5. The molecule has 0 saturated heterocycles. The van der Waals surface area contributed by atoms with Gasteiger partial charge >= 0.3 is 6.09 Å². The van der Waals surface area contributed by atoms with Crippen molar-refractivity contribution in [3.63, 3.8) is 0 Å². The second kappa shape index (κ2) is 7.01. The molecule has 1 heterocycles. The van der Waals surface area contributed by atoms with E-state index in [1.54, 1.807) is 12.3 Å². The lowest BCUT2D eigenvalue weighted by Gasteiger charge is -2.23. The lowest BCUT2D eigenvalue weighted by atomic mass is 10.0. The third-order valence-electron chi connectivity index (χ3n) is 2.93. The van der Waals surface area contributed by atoms with Gasteiger partial charge in [0.25, 0.3) is 0 Å². The Kier molecular flexibility index (Phi) is 5.29. The Bertz CT molecular complexity index is 600. The molecule has 2 aromatic rings. The second-order valence-corrected chi connectivity index (χ2v) is 6.96. The summed E-state index contributed by atoms with van der Waals surface area (Å²) in [7, 11) is 0. The van der Waals surface area contributed by atoms with Crippen molar-refractivity contribution in [2.45, 2.75) is 38.8 Å². The summed E-state index contributed by atoms with van der Waals surface area (Å²) in [5.41, 5.74) is 0.565. The smallest absolute Gasteiger partial charge is 0.408 e. The van der Waals surface area contributed by atoms with Crippen molar-refractivity contribution in [2.24, 2.45) is 0 Å². The molecule has 0 unspecified atom stereocenters. The standard InChI is InChI=1S/C17H20BrNO3/c1-17(2,3)22-16(20)19-14(15-5-4-10-21-15)11-12-6-8-13(18)9-7-12/h4-10,14H,11H2,1-3H3,(H,19,20)/t14-/m0/s1. The van der Waals surface area contributed by atoms with Crippen molar-refractivity contribution in [3.8, 4) is 0 Å². The molecule has 1 amide bonds. The molecule has 0 fully saturated rings. The summed E-state index contributed by atoms with van der Waals surface area (Å²) in [4.78, 5) is 12.0. The van der Waals surface area contributed by atoms with Gasteiger partial charge < -0.3 is 14.5 Å². The highest BCUT2D eigenvalue weighted by atomic mass is 79.9. The van der Waals surface area contributed by atoms with E-state index in [2.05, 4.69) is 21.2 Å². The third-order valence-corrected chi connectivity index (χ3v) is 3.46. The molecule has 0 bridgehead atoms. The quantitative estimate of drug-likeness (QED) is 0.842. The highest BCUT2D eigenvalue weighted by Crippen LogP contribution is 2.21. The fraction of sp³-hybridized carbons (Fsp3) is 0.353. The Balaban J connectivity index is 2.10. The van der Waals surface area contributed by atoms with Gasteiger partial charge in [0, 0.05) is 10.9 Å². The zero-order chi connectivity index (χ0) is 16.2. The van der Waals surface area contributed by atoms with Crippen LogP contribution >= 0.6 is 15.9 Å². The van der Waals surface area contributed by atoms with Crippen LogP contribution in [-0.2, 0) is 11.2 Å². The fourth-order valence-electron chi connectivity index (χ4n) is 2.02. The van der Waals surface area contributed by atoms with Gasteiger partial charge in [0.05, 0.1) is 12.3 Å². The van der Waals surface area contributed by atoms with Crippen molar-refractivity contribution in [1.29, 1.82) is 0 Å². The monoisotopic (exact) mass is 365 g/mol. The van der Waals surface area contributed by atoms with E-state index in [1.165, 1.54) is 0 Å². The van der Waals surface area contributed by atoms with E-state index in [4.69, 9.17) is 9.15 Å². The molecule has 1 N–H and O–H groups in total. The first kappa shape index (κ1) is 16.6. The predicted octanol–water partition coefficient (Wildman–Crippen LogP) is 4.85. The summed E-state index contributed by atoms with van der Waals surface area (Å²) in [5.74, 6) is 0.703. The molecule has 5 heteroatoms. The largest absolute Gasteiger partial charge is 0.467 e. The number of ether oxygens (including phenoxy) is 1. The van der Waals surface area contributed by atoms with Crippen LogP contribution in [0.4, 0.5) is 4.79 Å². The van der Waals surface area contributed by atoms with Gasteiger partial charge in [-0.3, -0.25) is 0 Å². The van der Waals surface area contributed by atoms with Crippen molar-refractivity contribution in [2.75, 3.05) is 0 Å². The van der Waals surface area contributed by atoms with Crippen molar-refractivity contribution < 1.29 is 13.9 Å². The van der Waals surface area contributed by atoms with E-state index in [1.807, 2.05) is 51.1 Å². The molecular weight excluding hydrogens is 346 g/mol. The van der Waals surface area contributed by atoms with E-state index in [0.717, 1.165) is 10.0 Å². The Labute approximate surface area is 139 Å². The molecule has 1 aromatic heterocycles. The predicted molar refractivity (Wildman–Crippen MR) is 88.7 cm³/mol. The topological polar surface area (TPSA) is 51.5 Å². The molecule has 0 aliphatic carbocycles. The van der Waals surface area contributed by atoms with Gasteiger partial charge in [0.15, 0.2) is 0 Å². The van der Waals surface area contributed by atoms with Crippen molar-refractivity contribution >= 4 is 22.0 Å². The van der Waals surface area contributed by atoms with Crippen LogP contribution in [0, 0.1) is 0 Å². The number of nitrogens with one attached hydrogen (secondary N) is 1. The highest BCUT2D eigenvalue weighted by molar-refractivity contribution is 9.10. The summed E-state index contributed by atoms with van der Waals surface area (Å²) in [6, 6.07) is 11.4. The minimum atomic E-state index is -0.532. The van der Waals surface area contributed by atoms with Crippen molar-refractivity contribution in [3.05, 3.63) is 58.5 Å². The lowest BCUT2D eigenvalue weighted by Crippen LogP contribution is -2.35. The molecule has 22 heavy (non-hydrogen) atoms. The van der Waals surface area contributed by atoms with Crippen molar-refractivity contribution in [1.82, 2.24) is 5.32 Å². The van der Waals surface area contributed by atoms with E-state index in [0.29, 0.717) is 12.2 Å². The van der Waals surface area contributed by atoms with E-state index >= 15 is 0 Å². The van der Waals surface area contributed by atoms with Crippen LogP contribution in [-0.4, -0.2) is 11.7 Å². The maximum atomic E-state index is 12.0. The van der Waals surface area contributed by atoms with Crippen LogP contribution in [0.3, 0.4) is 0 Å². The van der Waals surface area contributed by atoms with Crippen LogP contribution < -0.4 is 5.32 Å². The molecular formula is C17H20BrNO3. The molecule has 0 aliphatic heterocycles. The number of carbonyl (C=O) groups is 1. The fourth-order valence-corrected chi connectivity index (χ4v) is 2.28. The number of halogens is 1. The molecule has 1 atom stereocenters. The number of furan rings is 1. The van der Waals surface area contributed by atoms with Gasteiger partial charge in [-0.05, 0) is 50.6 Å². The molecule has 118 valence electrons. The zero-order valence-electron chi connectivity index (χ0n) is 12.9. The van der Waals surface area contributed by atoms with Gasteiger partial charge in [0.2, 0.25) is 0 Å². The second-order valence-electron chi connectivity index (χ2n) is 6.04. The minimum Gasteiger partial charge on any atom is -0.467 e. The Morgan fingerprint density at radius 3 is 2.50 bits per heavy atom. The van der Waals surface area contributed by atoms with Crippen LogP contribution in [0.2, 0.25) is 0 Å². The molecule has 0 spiro atoms. The van der Waals surface area contributed by atoms with Gasteiger partial charge in [-0.15, -0.1) is 0 Å². The maximum absolute atomic E-state index is 12.0. The SMILES string of the molecule is CC(C)(C)OC(=O)N[C@@H](Cc1ccc(Br)cc1)c1ccco1. The Morgan fingerprint density at radius 1 is 1.27 bits per heavy atom. The summed E-state index contributed by atoms with van der Waals surface area (Å²) in [6.07, 6.45) is 1.77. The van der Waals surface area contributed by atoms with Crippen LogP contribution in [0.5, 0.6) is 0 Å². The average Bonchev–Trinajstić information content (AvgIpc) is 2.92. The van der Waals surface area contributed by atoms with Gasteiger partial charge in [-0.2, -0.15) is 0 Å². The summed E-state index contributed by atoms with van der Waals surface area (Å²) >= 11 is 3.42. The number of amides is 1. The molecule has 1 aromatic carbocycles. The molecule has 0 radical (unpaired) electrons. The normalized spacial score (nSPS) is 12.7. The average molecular weight is 366 g/mol. The Morgan fingerprint density at radius 2 is 1.95 bits per heavy atom. The number of alkyl carbamates (subject to hydrolysis) is 1. The molecule has 0 aliphatic rings. The summed E-state index contributed by atoms with van der Waals surface area (Å²) < 4.78 is 11.8. The maximum Gasteiger partial charge on any atom is 0.408 e. The first-order chi connectivity index (χ1) is 10.3.